The van der Waals surface area contributed by atoms with Crippen molar-refractivity contribution in [3.63, 3.8) is 0 Å². The second kappa shape index (κ2) is 38.1. The molecule has 1 aliphatic rings. The second-order valence-electron chi connectivity index (χ2n) is 20.9. The van der Waals surface area contributed by atoms with Crippen molar-refractivity contribution in [2.24, 2.45) is 45.3 Å². The van der Waals surface area contributed by atoms with Gasteiger partial charge in [0.25, 0.3) is 0 Å². The number of aliphatic hydroxyl groups is 2. The van der Waals surface area contributed by atoms with Gasteiger partial charge in [-0.15, -0.1) is 0 Å². The first kappa shape index (κ1) is 75.0. The average Bonchev–Trinajstić information content (AvgIpc) is 2.06. The molecule has 0 aromatic heterocycles. The summed E-state index contributed by atoms with van der Waals surface area (Å²) in [4.78, 5) is 189. The highest BCUT2D eigenvalue weighted by atomic mass is 16.4. The molecule has 1 aromatic carbocycles. The Morgan fingerprint density at radius 1 is 0.636 bits per heavy atom. The lowest BCUT2D eigenvalue weighted by Crippen LogP contribution is -2.62. The minimum atomic E-state index is -2.08. The van der Waals surface area contributed by atoms with Crippen LogP contribution in [0.25, 0.3) is 0 Å². The summed E-state index contributed by atoms with van der Waals surface area (Å²) in [5.74, 6) is -17.1. The lowest BCUT2D eigenvalue weighted by molar-refractivity contribution is -0.144. The van der Waals surface area contributed by atoms with Crippen LogP contribution < -0.4 is 82.3 Å². The molecule has 88 heavy (non-hydrogen) atoms. The number of carboxylic acids is 2. The van der Waals surface area contributed by atoms with Crippen molar-refractivity contribution < 1.29 is 87.5 Å². The Morgan fingerprint density at radius 2 is 1.18 bits per heavy atom. The molecule has 1 fully saturated rings. The summed E-state index contributed by atoms with van der Waals surface area (Å²) in [6.45, 7) is 2.45. The molecule has 0 aliphatic carbocycles. The summed E-state index contributed by atoms with van der Waals surface area (Å²) in [6, 6.07) is -7.52. The number of nitrogens with zero attached hydrogens (tertiary/aromatic N) is 2. The van der Waals surface area contributed by atoms with Gasteiger partial charge in [0, 0.05) is 13.1 Å². The number of unbranched alkanes of at least 4 members (excludes halogenated alkanes) is 1. The Balaban J connectivity index is 2.36. The molecular weight excluding hydrogens is 1160 g/mol. The lowest BCUT2D eigenvalue weighted by atomic mass is 9.98. The number of nitrogens with two attached hydrogens (primary N) is 6. The van der Waals surface area contributed by atoms with E-state index < -0.39 is 188 Å². The van der Waals surface area contributed by atoms with Crippen molar-refractivity contribution in [2.75, 3.05) is 32.8 Å². The molecule has 490 valence electrons. The molecule has 1 saturated heterocycles. The fourth-order valence-corrected chi connectivity index (χ4v) is 8.87. The smallest absolute Gasteiger partial charge is 0.326 e. The van der Waals surface area contributed by atoms with Gasteiger partial charge in [0.15, 0.2) is 5.96 Å². The van der Waals surface area contributed by atoms with E-state index in [0.717, 1.165) is 17.4 Å². The first-order valence-corrected chi connectivity index (χ1v) is 28.3. The zero-order chi connectivity index (χ0) is 66.4. The Hall–Kier alpha value is -9.09. The van der Waals surface area contributed by atoms with Crippen LogP contribution in [-0.2, 0) is 73.5 Å². The van der Waals surface area contributed by atoms with Crippen molar-refractivity contribution in [3.8, 4) is 0 Å². The van der Waals surface area contributed by atoms with Gasteiger partial charge < -0.3 is 108 Å². The van der Waals surface area contributed by atoms with Gasteiger partial charge in [-0.2, -0.15) is 0 Å². The molecule has 12 atom stereocenters. The van der Waals surface area contributed by atoms with Gasteiger partial charge in [-0.05, 0) is 76.3 Å². The van der Waals surface area contributed by atoms with Crippen LogP contribution in [0.3, 0.4) is 0 Å². The zero-order valence-corrected chi connectivity index (χ0v) is 49.2. The highest BCUT2D eigenvalue weighted by Crippen LogP contribution is 2.21. The minimum absolute atomic E-state index is 0.00564. The van der Waals surface area contributed by atoms with Crippen molar-refractivity contribution in [2.45, 2.75) is 164 Å². The van der Waals surface area contributed by atoms with Crippen LogP contribution in [0.1, 0.15) is 97.0 Å². The molecular formula is C53H85N17O18. The topological polar surface area (TPSA) is 600 Å². The fourth-order valence-electron chi connectivity index (χ4n) is 8.87. The Labute approximate surface area is 506 Å². The Morgan fingerprint density at radius 3 is 1.74 bits per heavy atom. The number of aliphatic imine (C=N–C) groups is 1. The summed E-state index contributed by atoms with van der Waals surface area (Å²) in [6.07, 6.45) is -3.69. The van der Waals surface area contributed by atoms with Crippen molar-refractivity contribution in [1.29, 1.82) is 0 Å². The summed E-state index contributed by atoms with van der Waals surface area (Å²) in [5, 5.41) is 60.8. The van der Waals surface area contributed by atoms with Gasteiger partial charge in [-0.25, -0.2) is 4.79 Å². The SMILES string of the molecule is CC[C@H](C)[C@H](NC(=O)[C@H](CO)NC(=O)[C@@H]1CCCN1C(=O)[C@H](CCCN=C(N)N)NC(=O)[C@H](CC(=O)O)NC(=O)[C@H](CC(N)=O)NC(=O)[C@@H](NC(=O)[C@H](CCCCN)NC(=O)[C@@H](N)Cc1ccccc1)[C@@H](C)O)C(=O)NCC(=O)N[C@@H](CC(N)=O)C(=O)O. The van der Waals surface area contributed by atoms with Crippen LogP contribution in [0.5, 0.6) is 0 Å². The average molecular weight is 1250 g/mol. The second-order valence-corrected chi connectivity index (χ2v) is 20.9. The lowest BCUT2D eigenvalue weighted by Gasteiger charge is -2.31. The molecule has 0 unspecified atom stereocenters. The first-order valence-electron chi connectivity index (χ1n) is 28.3. The van der Waals surface area contributed by atoms with Crippen molar-refractivity contribution >= 4 is 88.8 Å². The normalized spacial score (nSPS) is 16.4. The number of benzene rings is 1. The molecule has 35 heteroatoms. The van der Waals surface area contributed by atoms with E-state index in [1.165, 1.54) is 0 Å². The number of likely N-dealkylation sites (tertiary alicyclic amines) is 1. The molecule has 0 saturated carbocycles. The standard InChI is InChI=1S/C53H85N17O18/c1-4-26(2)41(49(84)61-24-39(75)62-34(52(87)88)22-38(57)74)68-47(82)35(25-71)67-48(83)36-16-11-19-70(36)51(86)31(15-10-18-60-53(58)59)64-46(81)33(23-40(76)77)65-45(80)32(21-37(56)73)66-50(85)42(27(3)72)69-44(79)30(14-8-9-17-54)63-43(78)29(55)20-28-12-6-5-7-13-28/h5-7,12-13,26-27,29-36,41-42,71-72H,4,8-11,14-25,54-55H2,1-3H3,(H2,56,73)(H2,57,74)(H,61,84)(H,62,75)(H,63,78)(H,64,81)(H,65,80)(H,66,85)(H,67,83)(H,68,82)(H,69,79)(H,76,77)(H,87,88)(H4,58,59,60)/t26-,27+,29-,30-,31-,32-,33-,34-,35-,36-,41-,42-/m0/s1. The molecule has 0 bridgehead atoms. The molecule has 1 aromatic rings. The molecule has 2 rings (SSSR count). The molecule has 0 spiro atoms. The zero-order valence-electron chi connectivity index (χ0n) is 49.2. The highest BCUT2D eigenvalue weighted by Gasteiger charge is 2.41. The van der Waals surface area contributed by atoms with Crippen LogP contribution in [-0.4, -0.2) is 213 Å². The summed E-state index contributed by atoms with van der Waals surface area (Å²) in [7, 11) is 0. The number of nitrogens with one attached hydrogen (secondary N) is 9. The van der Waals surface area contributed by atoms with Gasteiger partial charge >= 0.3 is 11.9 Å². The first-order chi connectivity index (χ1) is 41.4. The third-order valence-electron chi connectivity index (χ3n) is 13.8. The molecule has 25 N–H and O–H groups in total. The van der Waals surface area contributed by atoms with Crippen LogP contribution in [0.2, 0.25) is 0 Å². The van der Waals surface area contributed by atoms with E-state index in [1.807, 2.05) is 5.32 Å². The third-order valence-corrected chi connectivity index (χ3v) is 13.8. The van der Waals surface area contributed by atoms with E-state index in [-0.39, 0.29) is 70.5 Å². The summed E-state index contributed by atoms with van der Waals surface area (Å²) < 4.78 is 0. The molecule has 35 nitrogen and oxygen atoms in total. The van der Waals surface area contributed by atoms with Gasteiger partial charge in [-0.3, -0.25) is 67.3 Å². The predicted octanol–water partition coefficient (Wildman–Crippen LogP) is -8.55. The number of hydrogen-bond donors (Lipinski definition) is 19. The molecule has 1 heterocycles. The molecule has 0 radical (unpaired) electrons. The quantitative estimate of drug-likeness (QED) is 0.0165. The van der Waals surface area contributed by atoms with Crippen LogP contribution in [0, 0.1) is 5.92 Å². The van der Waals surface area contributed by atoms with Gasteiger partial charge in [0.2, 0.25) is 70.9 Å². The Kier molecular flexibility index (Phi) is 32.5. The summed E-state index contributed by atoms with van der Waals surface area (Å²) >= 11 is 0. The van der Waals surface area contributed by atoms with Gasteiger partial charge in [0.1, 0.15) is 54.4 Å². The number of guanidine groups is 1. The van der Waals surface area contributed by atoms with E-state index in [4.69, 9.17) is 34.4 Å². The minimum Gasteiger partial charge on any atom is -0.481 e. The van der Waals surface area contributed by atoms with E-state index in [1.54, 1.807) is 44.2 Å². The number of carboxylic acid groups (broad SMARTS) is 2. The number of rotatable bonds is 40. The van der Waals surface area contributed by atoms with E-state index in [9.17, 15) is 87.5 Å². The number of hydrogen-bond acceptors (Lipinski definition) is 19. The highest BCUT2D eigenvalue weighted by molar-refractivity contribution is 6.00. The monoisotopic (exact) mass is 1250 g/mol. The molecule has 1 aliphatic heterocycles. The van der Waals surface area contributed by atoms with E-state index >= 15 is 0 Å². The van der Waals surface area contributed by atoms with Crippen LogP contribution in [0.15, 0.2) is 35.3 Å². The largest absolute Gasteiger partial charge is 0.481 e. The maximum absolute atomic E-state index is 14.5. The number of aliphatic carboxylic acids is 2. The van der Waals surface area contributed by atoms with Gasteiger partial charge in [-0.1, -0.05) is 50.6 Å². The number of primary amides is 2. The summed E-state index contributed by atoms with van der Waals surface area (Å²) in [5.41, 5.74) is 33.9. The molecule has 12 amide bonds. The number of carbonyl (C=O) groups is 14. The van der Waals surface area contributed by atoms with Crippen molar-refractivity contribution in [1.82, 2.24) is 52.8 Å². The van der Waals surface area contributed by atoms with Crippen LogP contribution in [0.4, 0.5) is 0 Å². The number of amides is 12. The Bertz CT molecular complexity index is 2640. The number of carbonyl (C=O) groups excluding carboxylic acids is 12. The fraction of sp³-hybridized carbons (Fsp3) is 0.604. The van der Waals surface area contributed by atoms with E-state index in [0.29, 0.717) is 12.8 Å². The van der Waals surface area contributed by atoms with Gasteiger partial charge in [0.05, 0.1) is 44.6 Å². The maximum atomic E-state index is 14.5. The van der Waals surface area contributed by atoms with Crippen molar-refractivity contribution in [3.05, 3.63) is 35.9 Å². The maximum Gasteiger partial charge on any atom is 0.326 e. The van der Waals surface area contributed by atoms with E-state index in [2.05, 4.69) is 47.5 Å². The number of aliphatic hydroxyl groups excluding tert-OH is 2. The third kappa shape index (κ3) is 26.3. The predicted molar refractivity (Wildman–Crippen MR) is 310 cm³/mol. The van der Waals surface area contributed by atoms with Crippen LogP contribution >= 0.6 is 0 Å².